The number of para-hydroxylation sites is 1. The van der Waals surface area contributed by atoms with Crippen LogP contribution in [0.1, 0.15) is 31.2 Å². The minimum Gasteiger partial charge on any atom is -0.496 e. The maximum absolute atomic E-state index is 13.8. The molecule has 0 N–H and O–H groups in total. The van der Waals surface area contributed by atoms with E-state index in [1.54, 1.807) is 50.3 Å². The van der Waals surface area contributed by atoms with Crippen molar-refractivity contribution in [3.8, 4) is 17.1 Å². The van der Waals surface area contributed by atoms with Gasteiger partial charge in [-0.15, -0.1) is 0 Å². The van der Waals surface area contributed by atoms with Gasteiger partial charge in [0.1, 0.15) is 23.3 Å². The van der Waals surface area contributed by atoms with Crippen LogP contribution in [-0.4, -0.2) is 29.2 Å². The number of allylic oxidation sites excluding steroid dienone is 1. The van der Waals surface area contributed by atoms with Crippen molar-refractivity contribution in [2.45, 2.75) is 19.9 Å². The third kappa shape index (κ3) is 4.91. The molecule has 0 spiro atoms. The van der Waals surface area contributed by atoms with Crippen LogP contribution in [0.5, 0.6) is 5.75 Å². The average Bonchev–Trinajstić information content (AvgIpc) is 3.51. The van der Waals surface area contributed by atoms with E-state index in [1.807, 2.05) is 12.1 Å². The Hall–Kier alpha value is -4.29. The third-order valence-electron chi connectivity index (χ3n) is 6.28. The molecule has 0 amide bonds. The number of hydrogen-bond acceptors (Lipinski definition) is 9. The van der Waals surface area contributed by atoms with Crippen LogP contribution in [0.4, 0.5) is 5.69 Å². The van der Waals surface area contributed by atoms with Crippen molar-refractivity contribution < 1.29 is 23.6 Å². The van der Waals surface area contributed by atoms with Gasteiger partial charge in [0.25, 0.3) is 11.2 Å². The van der Waals surface area contributed by atoms with Crippen molar-refractivity contribution in [1.82, 2.24) is 4.57 Å². The lowest BCUT2D eigenvalue weighted by Gasteiger charge is -2.25. The summed E-state index contributed by atoms with van der Waals surface area (Å²) < 4.78 is 19.2. The Kier molecular flexibility index (Phi) is 7.55. The van der Waals surface area contributed by atoms with Gasteiger partial charge in [-0.3, -0.25) is 19.5 Å². The molecule has 4 aromatic rings. The van der Waals surface area contributed by atoms with E-state index in [1.165, 1.54) is 35.1 Å². The van der Waals surface area contributed by atoms with Crippen LogP contribution in [-0.2, 0) is 9.53 Å². The number of aromatic nitrogens is 1. The number of hydrogen-bond donors (Lipinski definition) is 0. The summed E-state index contributed by atoms with van der Waals surface area (Å²) in [4.78, 5) is 42.5. The summed E-state index contributed by atoms with van der Waals surface area (Å²) in [5.74, 6) is 0.829. The molecule has 204 valence electrons. The molecule has 12 heteroatoms. The van der Waals surface area contributed by atoms with Crippen LogP contribution < -0.4 is 19.6 Å². The topological polar surface area (TPSA) is 126 Å². The van der Waals surface area contributed by atoms with Crippen LogP contribution in [0, 0.1) is 10.1 Å². The SMILES string of the molecule is CCOC(=O)C1=C(C)N=c2s/c(=C/c3ccc(-c4ccc([N+](=O)[O-])cc4Br)o3)c(=O)n2[C@@H]1c1ccccc1OC. The molecule has 2 aromatic carbocycles. The van der Waals surface area contributed by atoms with Crippen LogP contribution in [0.3, 0.4) is 0 Å². The lowest BCUT2D eigenvalue weighted by Crippen LogP contribution is -2.40. The van der Waals surface area contributed by atoms with Crippen molar-refractivity contribution in [1.29, 1.82) is 0 Å². The summed E-state index contributed by atoms with van der Waals surface area (Å²) in [5.41, 5.74) is 1.55. The second-order valence-electron chi connectivity index (χ2n) is 8.67. The van der Waals surface area contributed by atoms with Gasteiger partial charge in [0.2, 0.25) is 0 Å². The third-order valence-corrected chi connectivity index (χ3v) is 7.92. The van der Waals surface area contributed by atoms with Gasteiger partial charge < -0.3 is 13.9 Å². The summed E-state index contributed by atoms with van der Waals surface area (Å²) in [6.45, 7) is 3.60. The molecule has 1 aliphatic heterocycles. The first-order valence-corrected chi connectivity index (χ1v) is 13.7. The fourth-order valence-electron chi connectivity index (χ4n) is 4.50. The second-order valence-corrected chi connectivity index (χ2v) is 10.5. The lowest BCUT2D eigenvalue weighted by molar-refractivity contribution is -0.384. The molecule has 3 heterocycles. The molecule has 0 aliphatic carbocycles. The number of halogens is 1. The van der Waals surface area contributed by atoms with Gasteiger partial charge in [-0.1, -0.05) is 29.5 Å². The number of thiazole rings is 1. The number of carbonyl (C=O) groups excluding carboxylic acids is 1. The summed E-state index contributed by atoms with van der Waals surface area (Å²) in [6.07, 6.45) is 1.61. The number of methoxy groups -OCH3 is 1. The summed E-state index contributed by atoms with van der Waals surface area (Å²) in [7, 11) is 1.53. The zero-order chi connectivity index (χ0) is 28.6. The minimum atomic E-state index is -0.808. The Morgan fingerprint density at radius 2 is 2.02 bits per heavy atom. The monoisotopic (exact) mass is 623 g/mol. The Balaban J connectivity index is 1.63. The zero-order valence-electron chi connectivity index (χ0n) is 21.5. The molecule has 0 radical (unpaired) electrons. The van der Waals surface area contributed by atoms with Gasteiger partial charge in [-0.2, -0.15) is 0 Å². The molecular formula is C28H22BrN3O7S. The first-order valence-electron chi connectivity index (χ1n) is 12.1. The van der Waals surface area contributed by atoms with E-state index in [9.17, 15) is 19.7 Å². The number of nitro benzene ring substituents is 1. The molecule has 0 saturated carbocycles. The van der Waals surface area contributed by atoms with Crippen LogP contribution in [0.2, 0.25) is 0 Å². The lowest BCUT2D eigenvalue weighted by atomic mass is 9.95. The van der Waals surface area contributed by atoms with Crippen molar-refractivity contribution >= 4 is 45.0 Å². The molecular weight excluding hydrogens is 602 g/mol. The normalized spacial score (nSPS) is 15.0. The van der Waals surface area contributed by atoms with Crippen molar-refractivity contribution in [3.05, 3.63) is 111 Å². The molecule has 0 fully saturated rings. The van der Waals surface area contributed by atoms with Gasteiger partial charge >= 0.3 is 5.97 Å². The van der Waals surface area contributed by atoms with Crippen molar-refractivity contribution in [2.75, 3.05) is 13.7 Å². The Labute approximate surface area is 239 Å². The standard InChI is InChI=1S/C28H22BrN3O7S/c1-4-38-27(34)24-15(2)30-28-31(25(24)19-7-5-6-8-21(19)37-3)26(33)23(40-28)14-17-10-12-22(39-17)18-11-9-16(32(35)36)13-20(18)29/h5-14,25H,4H2,1-3H3/b23-14+/t25-/m1/s1. The Bertz CT molecular complexity index is 1870. The first kappa shape index (κ1) is 27.3. The number of benzene rings is 2. The van der Waals surface area contributed by atoms with Crippen LogP contribution >= 0.6 is 27.3 Å². The largest absolute Gasteiger partial charge is 0.496 e. The maximum atomic E-state index is 13.8. The highest BCUT2D eigenvalue weighted by molar-refractivity contribution is 9.10. The van der Waals surface area contributed by atoms with Gasteiger partial charge in [0.15, 0.2) is 4.80 Å². The minimum absolute atomic E-state index is 0.0504. The summed E-state index contributed by atoms with van der Waals surface area (Å²) >= 11 is 4.53. The smallest absolute Gasteiger partial charge is 0.338 e. The predicted molar refractivity (Wildman–Crippen MR) is 152 cm³/mol. The number of nitro groups is 1. The van der Waals surface area contributed by atoms with Gasteiger partial charge in [0.05, 0.1) is 34.4 Å². The number of furan rings is 1. The van der Waals surface area contributed by atoms with E-state index in [-0.39, 0.29) is 23.4 Å². The molecule has 10 nitrogen and oxygen atoms in total. The zero-order valence-corrected chi connectivity index (χ0v) is 23.9. The molecule has 0 unspecified atom stereocenters. The Morgan fingerprint density at radius 3 is 2.73 bits per heavy atom. The van der Waals surface area contributed by atoms with Crippen molar-refractivity contribution in [3.63, 3.8) is 0 Å². The van der Waals surface area contributed by atoms with E-state index in [0.29, 0.717) is 47.9 Å². The maximum Gasteiger partial charge on any atom is 0.338 e. The second kappa shape index (κ2) is 11.1. The molecule has 1 atom stereocenters. The molecule has 0 bridgehead atoms. The number of non-ortho nitro benzene ring substituents is 1. The van der Waals surface area contributed by atoms with Gasteiger partial charge in [-0.05, 0) is 54.0 Å². The molecule has 1 aliphatic rings. The first-order chi connectivity index (χ1) is 19.2. The Morgan fingerprint density at radius 1 is 1.25 bits per heavy atom. The van der Waals surface area contributed by atoms with Crippen LogP contribution in [0.15, 0.2) is 84.5 Å². The van der Waals surface area contributed by atoms with Crippen molar-refractivity contribution in [2.24, 2.45) is 4.99 Å². The molecule has 40 heavy (non-hydrogen) atoms. The molecule has 2 aromatic heterocycles. The number of nitrogens with zero attached hydrogens (tertiary/aromatic N) is 3. The van der Waals surface area contributed by atoms with Gasteiger partial charge in [-0.25, -0.2) is 9.79 Å². The fraction of sp³-hybridized carbons (Fsp3) is 0.179. The molecule has 0 saturated heterocycles. The predicted octanol–water partition coefficient (Wildman–Crippen LogP) is 4.74. The van der Waals surface area contributed by atoms with Gasteiger partial charge in [0, 0.05) is 33.8 Å². The van der Waals surface area contributed by atoms with E-state index in [2.05, 4.69) is 20.9 Å². The number of fused-ring (bicyclic) bond motifs is 1. The molecule has 5 rings (SSSR count). The number of carbonyl (C=O) groups is 1. The number of rotatable bonds is 7. The van der Waals surface area contributed by atoms with E-state index >= 15 is 0 Å². The fourth-order valence-corrected chi connectivity index (χ4v) is 6.09. The number of ether oxygens (including phenoxy) is 2. The van der Waals surface area contributed by atoms with E-state index < -0.39 is 16.9 Å². The number of esters is 1. The summed E-state index contributed by atoms with van der Waals surface area (Å²) in [6, 6.07) is 14.2. The quantitative estimate of drug-likeness (QED) is 0.165. The van der Waals surface area contributed by atoms with E-state index in [0.717, 1.165) is 0 Å². The van der Waals surface area contributed by atoms with E-state index in [4.69, 9.17) is 13.9 Å². The highest BCUT2D eigenvalue weighted by Gasteiger charge is 2.35. The highest BCUT2D eigenvalue weighted by Crippen LogP contribution is 2.36. The summed E-state index contributed by atoms with van der Waals surface area (Å²) in [5, 5.41) is 11.1. The highest BCUT2D eigenvalue weighted by atomic mass is 79.9. The van der Waals surface area contributed by atoms with Crippen LogP contribution in [0.25, 0.3) is 17.4 Å². The average molecular weight is 624 g/mol.